The molecule has 1 aromatic carbocycles. The first-order valence-corrected chi connectivity index (χ1v) is 9.43. The van der Waals surface area contributed by atoms with Crippen LogP contribution < -0.4 is 4.74 Å². The van der Waals surface area contributed by atoms with Crippen molar-refractivity contribution >= 4 is 17.9 Å². The second-order valence-electron chi connectivity index (χ2n) is 7.66. The lowest BCUT2D eigenvalue weighted by Gasteiger charge is -2.32. The molecule has 3 atom stereocenters. The van der Waals surface area contributed by atoms with Gasteiger partial charge in [0, 0.05) is 52.0 Å². The number of hydrogen-bond acceptors (Lipinski definition) is 4. The highest BCUT2D eigenvalue weighted by molar-refractivity contribution is 5.81. The van der Waals surface area contributed by atoms with Crippen LogP contribution in [0, 0.1) is 11.8 Å². The highest BCUT2D eigenvalue weighted by atomic mass is 16.5. The standard InChI is InChI=1S/C20H27N3O5/c1-21(2)20(27)23-11-14-10-22(17(24)8-9-18(25)26)12-16(14)19(23)13-4-6-15(28-3)7-5-13/h4-7,14,16,19H,8-12H2,1-3H3,(H,25,26)/t14-,16-,19+/m1/s1. The molecule has 0 radical (unpaired) electrons. The monoisotopic (exact) mass is 389 g/mol. The summed E-state index contributed by atoms with van der Waals surface area (Å²) in [4.78, 5) is 41.1. The van der Waals surface area contributed by atoms with Crippen molar-refractivity contribution in [3.8, 4) is 5.75 Å². The highest BCUT2D eigenvalue weighted by Crippen LogP contribution is 2.45. The zero-order valence-electron chi connectivity index (χ0n) is 16.5. The Kier molecular flexibility index (Phi) is 5.76. The van der Waals surface area contributed by atoms with Gasteiger partial charge in [-0.15, -0.1) is 0 Å². The molecule has 3 rings (SSSR count). The number of carbonyl (C=O) groups excluding carboxylic acids is 2. The van der Waals surface area contributed by atoms with Crippen LogP contribution in [0.1, 0.15) is 24.4 Å². The molecular formula is C20H27N3O5. The summed E-state index contributed by atoms with van der Waals surface area (Å²) in [6.07, 6.45) is -0.139. The zero-order valence-corrected chi connectivity index (χ0v) is 16.5. The van der Waals surface area contributed by atoms with Gasteiger partial charge in [0.05, 0.1) is 19.6 Å². The van der Waals surface area contributed by atoms with Crippen LogP contribution in [-0.4, -0.2) is 78.6 Å². The molecule has 152 valence electrons. The Morgan fingerprint density at radius 3 is 2.36 bits per heavy atom. The zero-order chi connectivity index (χ0) is 20.4. The van der Waals surface area contributed by atoms with Crippen LogP contribution in [0.3, 0.4) is 0 Å². The molecule has 0 aliphatic carbocycles. The number of urea groups is 1. The lowest BCUT2D eigenvalue weighted by molar-refractivity contribution is -0.140. The van der Waals surface area contributed by atoms with Gasteiger partial charge in [0.2, 0.25) is 5.91 Å². The summed E-state index contributed by atoms with van der Waals surface area (Å²) in [6, 6.07) is 7.53. The normalized spacial score (nSPS) is 23.5. The van der Waals surface area contributed by atoms with Crippen LogP contribution in [-0.2, 0) is 9.59 Å². The van der Waals surface area contributed by atoms with E-state index in [2.05, 4.69) is 0 Å². The third-order valence-electron chi connectivity index (χ3n) is 5.66. The number of fused-ring (bicyclic) bond motifs is 1. The van der Waals surface area contributed by atoms with E-state index in [0.29, 0.717) is 19.6 Å². The molecule has 2 aliphatic rings. The molecule has 3 amide bonds. The molecule has 28 heavy (non-hydrogen) atoms. The van der Waals surface area contributed by atoms with Crippen LogP contribution in [0.4, 0.5) is 4.79 Å². The average Bonchev–Trinajstić information content (AvgIpc) is 3.23. The number of methoxy groups -OCH3 is 1. The summed E-state index contributed by atoms with van der Waals surface area (Å²) in [5, 5.41) is 8.82. The predicted octanol–water partition coefficient (Wildman–Crippen LogP) is 1.67. The number of likely N-dealkylation sites (tertiary alicyclic amines) is 2. The van der Waals surface area contributed by atoms with Gasteiger partial charge in [0.25, 0.3) is 0 Å². The summed E-state index contributed by atoms with van der Waals surface area (Å²) in [7, 11) is 5.09. The molecule has 0 spiro atoms. The maximum absolute atomic E-state index is 12.8. The molecule has 0 aromatic heterocycles. The fourth-order valence-corrected chi connectivity index (χ4v) is 4.30. The third kappa shape index (κ3) is 3.90. The van der Waals surface area contributed by atoms with Crippen molar-refractivity contribution in [3.63, 3.8) is 0 Å². The van der Waals surface area contributed by atoms with Gasteiger partial charge >= 0.3 is 12.0 Å². The summed E-state index contributed by atoms with van der Waals surface area (Å²) in [5.74, 6) is -0.0288. The highest BCUT2D eigenvalue weighted by Gasteiger charge is 2.50. The predicted molar refractivity (Wildman–Crippen MR) is 102 cm³/mol. The van der Waals surface area contributed by atoms with Gasteiger partial charge in [0.1, 0.15) is 5.75 Å². The molecular weight excluding hydrogens is 362 g/mol. The quantitative estimate of drug-likeness (QED) is 0.827. The summed E-state index contributed by atoms with van der Waals surface area (Å²) < 4.78 is 5.24. The molecule has 0 bridgehead atoms. The second kappa shape index (κ2) is 8.08. The molecule has 2 fully saturated rings. The minimum atomic E-state index is -0.966. The van der Waals surface area contributed by atoms with E-state index in [1.165, 1.54) is 0 Å². The van der Waals surface area contributed by atoms with E-state index in [9.17, 15) is 14.4 Å². The summed E-state index contributed by atoms with van der Waals surface area (Å²) in [6.45, 7) is 1.69. The van der Waals surface area contributed by atoms with Gasteiger partial charge in [-0.05, 0) is 17.7 Å². The van der Waals surface area contributed by atoms with Crippen LogP contribution >= 0.6 is 0 Å². The number of aliphatic carboxylic acids is 1. The van der Waals surface area contributed by atoms with E-state index in [1.54, 1.807) is 31.0 Å². The maximum Gasteiger partial charge on any atom is 0.320 e. The van der Waals surface area contributed by atoms with E-state index in [-0.39, 0.29) is 42.7 Å². The smallest absolute Gasteiger partial charge is 0.320 e. The Bertz CT molecular complexity index is 749. The first kappa shape index (κ1) is 20.0. The van der Waals surface area contributed by atoms with Gasteiger partial charge in [-0.2, -0.15) is 0 Å². The van der Waals surface area contributed by atoms with Crippen molar-refractivity contribution in [2.75, 3.05) is 40.8 Å². The van der Waals surface area contributed by atoms with Gasteiger partial charge in [-0.1, -0.05) is 12.1 Å². The number of hydrogen-bond donors (Lipinski definition) is 1. The number of carbonyl (C=O) groups is 3. The molecule has 2 aliphatic heterocycles. The number of amides is 3. The average molecular weight is 389 g/mol. The van der Waals surface area contributed by atoms with Gasteiger partial charge in [-0.3, -0.25) is 9.59 Å². The number of rotatable bonds is 5. The van der Waals surface area contributed by atoms with E-state index >= 15 is 0 Å². The van der Waals surface area contributed by atoms with Crippen molar-refractivity contribution in [1.29, 1.82) is 0 Å². The molecule has 8 heteroatoms. The lowest BCUT2D eigenvalue weighted by Crippen LogP contribution is -2.42. The second-order valence-corrected chi connectivity index (χ2v) is 7.66. The number of carboxylic acids is 1. The maximum atomic E-state index is 12.8. The fourth-order valence-electron chi connectivity index (χ4n) is 4.30. The molecule has 2 saturated heterocycles. The lowest BCUT2D eigenvalue weighted by atomic mass is 9.89. The van der Waals surface area contributed by atoms with E-state index in [4.69, 9.17) is 9.84 Å². The van der Waals surface area contributed by atoms with Gasteiger partial charge in [-0.25, -0.2) is 4.79 Å². The number of carboxylic acid groups (broad SMARTS) is 1. The van der Waals surface area contributed by atoms with E-state index in [1.807, 2.05) is 29.2 Å². The van der Waals surface area contributed by atoms with Crippen molar-refractivity contribution in [2.24, 2.45) is 11.8 Å². The Balaban J connectivity index is 1.81. The molecule has 8 nitrogen and oxygen atoms in total. The Morgan fingerprint density at radius 2 is 1.79 bits per heavy atom. The van der Waals surface area contributed by atoms with E-state index in [0.717, 1.165) is 11.3 Å². The minimum Gasteiger partial charge on any atom is -0.497 e. The van der Waals surface area contributed by atoms with Crippen molar-refractivity contribution in [3.05, 3.63) is 29.8 Å². The van der Waals surface area contributed by atoms with Crippen LogP contribution in [0.15, 0.2) is 24.3 Å². The van der Waals surface area contributed by atoms with Crippen LogP contribution in [0.5, 0.6) is 5.75 Å². The third-order valence-corrected chi connectivity index (χ3v) is 5.66. The molecule has 0 unspecified atom stereocenters. The van der Waals surface area contributed by atoms with Crippen molar-refractivity contribution < 1.29 is 24.2 Å². The Morgan fingerprint density at radius 1 is 1.11 bits per heavy atom. The number of ether oxygens (including phenoxy) is 1. The molecule has 2 heterocycles. The summed E-state index contributed by atoms with van der Waals surface area (Å²) in [5.41, 5.74) is 1.02. The molecule has 1 N–H and O–H groups in total. The van der Waals surface area contributed by atoms with Crippen LogP contribution in [0.25, 0.3) is 0 Å². The topological polar surface area (TPSA) is 90.4 Å². The van der Waals surface area contributed by atoms with Crippen molar-refractivity contribution in [1.82, 2.24) is 14.7 Å². The van der Waals surface area contributed by atoms with E-state index < -0.39 is 5.97 Å². The first-order chi connectivity index (χ1) is 13.3. The molecule has 0 saturated carbocycles. The largest absolute Gasteiger partial charge is 0.497 e. The molecule has 1 aromatic rings. The fraction of sp³-hybridized carbons (Fsp3) is 0.550. The van der Waals surface area contributed by atoms with Gasteiger partial charge < -0.3 is 24.5 Å². The van der Waals surface area contributed by atoms with Crippen molar-refractivity contribution in [2.45, 2.75) is 18.9 Å². The first-order valence-electron chi connectivity index (χ1n) is 9.43. The summed E-state index contributed by atoms with van der Waals surface area (Å²) >= 11 is 0. The number of nitrogens with zero attached hydrogens (tertiary/aromatic N) is 3. The van der Waals surface area contributed by atoms with Crippen LogP contribution in [0.2, 0.25) is 0 Å². The minimum absolute atomic E-state index is 0.0162. The number of benzene rings is 1. The van der Waals surface area contributed by atoms with Gasteiger partial charge in [0.15, 0.2) is 0 Å². The Labute approximate surface area is 164 Å². The Hall–Kier alpha value is -2.77. The SMILES string of the molecule is COc1ccc([C@H]2[C@@H]3CN(C(=O)CCC(=O)O)C[C@@H]3CN2C(=O)N(C)C)cc1.